The summed E-state index contributed by atoms with van der Waals surface area (Å²) in [5.74, 6) is 0.522. The zero-order valence-corrected chi connectivity index (χ0v) is 22.7. The van der Waals surface area contributed by atoms with E-state index < -0.39 is 20.2 Å². The maximum absolute atomic E-state index is 11.9. The predicted octanol–water partition coefficient (Wildman–Crippen LogP) is 6.30. The van der Waals surface area contributed by atoms with Gasteiger partial charge in [-0.15, -0.1) is 0 Å². The molecule has 0 radical (unpaired) electrons. The molecule has 0 amide bonds. The van der Waals surface area contributed by atoms with Crippen LogP contribution in [0.25, 0.3) is 0 Å². The van der Waals surface area contributed by atoms with Gasteiger partial charge in [0.05, 0.1) is 25.4 Å². The minimum atomic E-state index is -1.81. The first kappa shape index (κ1) is 24.9. The summed E-state index contributed by atoms with van der Waals surface area (Å²) < 4.78 is 20.3. The molecule has 4 nitrogen and oxygen atoms in total. The quantitative estimate of drug-likeness (QED) is 0.383. The van der Waals surface area contributed by atoms with Gasteiger partial charge in [0.2, 0.25) is 0 Å². The van der Waals surface area contributed by atoms with Crippen molar-refractivity contribution in [2.45, 2.75) is 117 Å². The lowest BCUT2D eigenvalue weighted by Gasteiger charge is -2.63. The molecule has 1 heterocycles. The van der Waals surface area contributed by atoms with Crippen LogP contribution in [0.5, 0.6) is 0 Å². The monoisotopic (exact) mass is 464 g/mol. The molecule has 0 aromatic carbocycles. The molecule has 3 aliphatic carbocycles. The number of aliphatic hydroxyl groups is 1. The van der Waals surface area contributed by atoms with Crippen LogP contribution in [0.1, 0.15) is 80.6 Å². The van der Waals surface area contributed by atoms with Crippen molar-refractivity contribution in [3.05, 3.63) is 11.6 Å². The lowest BCUT2D eigenvalue weighted by atomic mass is 9.45. The van der Waals surface area contributed by atoms with Crippen molar-refractivity contribution >= 4 is 8.32 Å². The van der Waals surface area contributed by atoms with Gasteiger partial charge in [-0.2, -0.15) is 0 Å². The Morgan fingerprint density at radius 2 is 1.69 bits per heavy atom. The number of ether oxygens (including phenoxy) is 2. The van der Waals surface area contributed by atoms with Gasteiger partial charge >= 0.3 is 0 Å². The Balaban J connectivity index is 1.86. The molecule has 184 valence electrons. The molecule has 4 aliphatic rings. The summed E-state index contributed by atoms with van der Waals surface area (Å²) in [7, 11) is -1.81. The molecule has 0 unspecified atom stereocenters. The standard InChI is InChI=1S/C27H48O4Si/c1-8-21-18-22(28)25(7)19(5)12-13-26(14-15-27(24(25)26)29-16-17-30-27)20(6)23(21)31-32(9-2,10-3)11-4/h8,19-20,22-24,28H,9-18H2,1-7H3/b21-8-/t19-,20+,22+,23+,24+,25+,26+/m1/s1. The first-order chi connectivity index (χ1) is 15.2. The van der Waals surface area contributed by atoms with Crippen molar-refractivity contribution in [1.82, 2.24) is 0 Å². The number of allylic oxidation sites excluding steroid dienone is 1. The van der Waals surface area contributed by atoms with Gasteiger partial charge in [-0.25, -0.2) is 0 Å². The lowest BCUT2D eigenvalue weighted by Crippen LogP contribution is -2.64. The van der Waals surface area contributed by atoms with Crippen LogP contribution in [-0.4, -0.2) is 44.6 Å². The molecule has 0 aromatic rings. The molecule has 5 heteroatoms. The molecule has 1 aliphatic heterocycles. The Labute approximate surface area is 197 Å². The van der Waals surface area contributed by atoms with E-state index in [-0.39, 0.29) is 22.9 Å². The zero-order valence-electron chi connectivity index (χ0n) is 21.7. The van der Waals surface area contributed by atoms with Crippen molar-refractivity contribution in [3.8, 4) is 0 Å². The first-order valence-electron chi connectivity index (χ1n) is 13.5. The molecule has 2 bridgehead atoms. The van der Waals surface area contributed by atoms with E-state index in [1.807, 2.05) is 0 Å². The second-order valence-electron chi connectivity index (χ2n) is 11.6. The van der Waals surface area contributed by atoms with Crippen molar-refractivity contribution in [1.29, 1.82) is 0 Å². The van der Waals surface area contributed by atoms with E-state index in [1.54, 1.807) is 0 Å². The highest BCUT2D eigenvalue weighted by molar-refractivity contribution is 6.73. The van der Waals surface area contributed by atoms with E-state index >= 15 is 0 Å². The fourth-order valence-corrected chi connectivity index (χ4v) is 11.4. The highest BCUT2D eigenvalue weighted by Gasteiger charge is 2.72. The van der Waals surface area contributed by atoms with Crippen LogP contribution >= 0.6 is 0 Å². The van der Waals surface area contributed by atoms with Gasteiger partial charge in [0.15, 0.2) is 14.1 Å². The third-order valence-corrected chi connectivity index (χ3v) is 15.6. The highest BCUT2D eigenvalue weighted by atomic mass is 28.4. The van der Waals surface area contributed by atoms with Crippen molar-refractivity contribution in [2.24, 2.45) is 28.6 Å². The number of hydrogen-bond acceptors (Lipinski definition) is 4. The Hall–Kier alpha value is -0.203. The average molecular weight is 465 g/mol. The molecular formula is C27H48O4Si. The summed E-state index contributed by atoms with van der Waals surface area (Å²) in [6.07, 6.45) is 7.08. The van der Waals surface area contributed by atoms with E-state index in [4.69, 9.17) is 13.9 Å². The molecule has 1 saturated heterocycles. The number of hydrogen-bond donors (Lipinski definition) is 1. The molecule has 4 fully saturated rings. The van der Waals surface area contributed by atoms with E-state index in [9.17, 15) is 5.11 Å². The Bertz CT molecular complexity index is 704. The summed E-state index contributed by atoms with van der Waals surface area (Å²) in [5.41, 5.74) is 1.19. The third kappa shape index (κ3) is 3.36. The normalized spacial score (nSPS) is 45.1. The molecule has 1 N–H and O–H groups in total. The fourth-order valence-electron chi connectivity index (χ4n) is 8.51. The fraction of sp³-hybridized carbons (Fsp3) is 0.926. The van der Waals surface area contributed by atoms with E-state index in [1.165, 1.54) is 18.4 Å². The van der Waals surface area contributed by atoms with Crippen LogP contribution in [-0.2, 0) is 13.9 Å². The molecule has 3 saturated carbocycles. The lowest BCUT2D eigenvalue weighted by molar-refractivity contribution is -0.271. The molecule has 7 atom stereocenters. The van der Waals surface area contributed by atoms with Gasteiger partial charge in [0.25, 0.3) is 0 Å². The van der Waals surface area contributed by atoms with Crippen LogP contribution in [0.2, 0.25) is 18.1 Å². The van der Waals surface area contributed by atoms with E-state index in [2.05, 4.69) is 54.5 Å². The van der Waals surface area contributed by atoms with E-state index in [0.29, 0.717) is 31.5 Å². The topological polar surface area (TPSA) is 47.9 Å². The van der Waals surface area contributed by atoms with Gasteiger partial charge in [0.1, 0.15) is 0 Å². The maximum Gasteiger partial charge on any atom is 0.192 e. The summed E-state index contributed by atoms with van der Waals surface area (Å²) in [6, 6.07) is 3.47. The third-order valence-electron chi connectivity index (χ3n) is 11.0. The van der Waals surface area contributed by atoms with Crippen molar-refractivity contribution < 1.29 is 19.0 Å². The van der Waals surface area contributed by atoms with Gasteiger partial charge in [-0.3, -0.25) is 0 Å². The minimum absolute atomic E-state index is 0.0846. The zero-order chi connectivity index (χ0) is 23.4. The van der Waals surface area contributed by atoms with Crippen molar-refractivity contribution in [2.75, 3.05) is 13.2 Å². The van der Waals surface area contributed by atoms with Crippen LogP contribution < -0.4 is 0 Å². The summed E-state index contributed by atoms with van der Waals surface area (Å²) in [4.78, 5) is 0. The summed E-state index contributed by atoms with van der Waals surface area (Å²) >= 11 is 0. The van der Waals surface area contributed by atoms with E-state index in [0.717, 1.165) is 31.0 Å². The van der Waals surface area contributed by atoms with Gasteiger partial charge in [0, 0.05) is 17.8 Å². The highest BCUT2D eigenvalue weighted by Crippen LogP contribution is 2.71. The Morgan fingerprint density at radius 1 is 1.06 bits per heavy atom. The van der Waals surface area contributed by atoms with Gasteiger partial charge in [-0.1, -0.05) is 47.6 Å². The summed E-state index contributed by atoms with van der Waals surface area (Å²) in [5, 5.41) is 11.9. The van der Waals surface area contributed by atoms with Crippen LogP contribution in [0.15, 0.2) is 11.6 Å². The van der Waals surface area contributed by atoms with Crippen LogP contribution in [0.4, 0.5) is 0 Å². The molecule has 0 aromatic heterocycles. The van der Waals surface area contributed by atoms with Crippen LogP contribution in [0.3, 0.4) is 0 Å². The number of rotatable bonds is 5. The smallest absolute Gasteiger partial charge is 0.192 e. The molecule has 32 heavy (non-hydrogen) atoms. The molecule has 1 spiro atoms. The SMILES string of the molecule is C/C=C1/C[C@H](O)[C@]2(C)[C@H](C)CC[C@]3(CCC4(OCCO4)[C@H]32)[C@@H](C)[C@@H]1O[Si](CC)(CC)CC. The Kier molecular flexibility index (Phi) is 6.84. The van der Waals surface area contributed by atoms with Crippen LogP contribution in [0, 0.1) is 28.6 Å². The van der Waals surface area contributed by atoms with Gasteiger partial charge < -0.3 is 19.0 Å². The minimum Gasteiger partial charge on any atom is -0.410 e. The predicted molar refractivity (Wildman–Crippen MR) is 132 cm³/mol. The maximum atomic E-state index is 11.9. The molecule has 4 rings (SSSR count). The Morgan fingerprint density at radius 3 is 2.25 bits per heavy atom. The van der Waals surface area contributed by atoms with Gasteiger partial charge in [-0.05, 0) is 73.6 Å². The second kappa shape index (κ2) is 8.78. The average Bonchev–Trinajstić information content (AvgIpc) is 3.41. The molecular weight excluding hydrogens is 416 g/mol. The number of aliphatic hydroxyl groups excluding tert-OH is 1. The first-order valence-corrected chi connectivity index (χ1v) is 16.0. The van der Waals surface area contributed by atoms with Crippen molar-refractivity contribution in [3.63, 3.8) is 0 Å². The second-order valence-corrected chi connectivity index (χ2v) is 16.4. The summed E-state index contributed by atoms with van der Waals surface area (Å²) in [6.45, 7) is 17.6. The largest absolute Gasteiger partial charge is 0.410 e.